The molecule has 0 saturated heterocycles. The van der Waals surface area contributed by atoms with Crippen molar-refractivity contribution in [1.82, 2.24) is 14.9 Å². The number of fused-ring (bicyclic) bond motifs is 1. The van der Waals surface area contributed by atoms with Gasteiger partial charge in [-0.1, -0.05) is 42.1 Å². The van der Waals surface area contributed by atoms with Gasteiger partial charge in [-0.25, -0.2) is 9.07 Å². The van der Waals surface area contributed by atoms with Gasteiger partial charge in [-0.05, 0) is 44.0 Å². The lowest BCUT2D eigenvalue weighted by atomic mass is 10.1. The van der Waals surface area contributed by atoms with Crippen molar-refractivity contribution < 1.29 is 9.18 Å². The summed E-state index contributed by atoms with van der Waals surface area (Å²) >= 11 is 1.24. The molecule has 3 aromatic rings. The lowest BCUT2D eigenvalue weighted by Gasteiger charge is -2.25. The van der Waals surface area contributed by atoms with E-state index in [1.807, 2.05) is 36.9 Å². The molecule has 2 N–H and O–H groups in total. The summed E-state index contributed by atoms with van der Waals surface area (Å²) in [5.41, 5.74) is 2.67. The Balaban J connectivity index is 1.55. The molecule has 1 aromatic heterocycles. The van der Waals surface area contributed by atoms with Crippen LogP contribution < -0.4 is 10.7 Å². The number of aromatic nitrogens is 3. The van der Waals surface area contributed by atoms with Gasteiger partial charge >= 0.3 is 0 Å². The van der Waals surface area contributed by atoms with Crippen LogP contribution in [-0.2, 0) is 11.2 Å². The number of thioether (sulfide) groups is 1. The molecule has 1 aliphatic rings. The van der Waals surface area contributed by atoms with Crippen molar-refractivity contribution in [1.29, 1.82) is 0 Å². The molecule has 0 spiro atoms. The number of anilines is 1. The number of carbonyl (C=O) groups excluding carboxylic acids is 1. The molecule has 2 aromatic carbocycles. The molecule has 0 aliphatic carbocycles. The van der Waals surface area contributed by atoms with Crippen LogP contribution in [-0.4, -0.2) is 32.1 Å². The van der Waals surface area contributed by atoms with Gasteiger partial charge in [0.15, 0.2) is 5.82 Å². The zero-order valence-electron chi connectivity index (χ0n) is 15.5. The van der Waals surface area contributed by atoms with E-state index >= 15 is 0 Å². The largest absolute Gasteiger partial charge is 0.335 e. The fourth-order valence-corrected chi connectivity index (χ4v) is 4.31. The summed E-state index contributed by atoms with van der Waals surface area (Å²) < 4.78 is 14.8. The summed E-state index contributed by atoms with van der Waals surface area (Å²) in [6.07, 6.45) is 0.843. The fourth-order valence-electron chi connectivity index (χ4n) is 3.49. The van der Waals surface area contributed by atoms with Crippen molar-refractivity contribution in [3.05, 3.63) is 59.9 Å². The van der Waals surface area contributed by atoms with Gasteiger partial charge in [0.05, 0.1) is 5.25 Å². The molecule has 8 heteroatoms. The van der Waals surface area contributed by atoms with Crippen LogP contribution in [0.5, 0.6) is 0 Å². The molecule has 0 fully saturated rings. The summed E-state index contributed by atoms with van der Waals surface area (Å²) in [6, 6.07) is 14.1. The van der Waals surface area contributed by atoms with Crippen LogP contribution in [0.15, 0.2) is 53.7 Å². The third-order valence-corrected chi connectivity index (χ3v) is 5.87. The number of halogens is 1. The number of benzene rings is 2. The summed E-state index contributed by atoms with van der Waals surface area (Å²) in [6.45, 7) is 3.87. The summed E-state index contributed by atoms with van der Waals surface area (Å²) in [7, 11) is 0. The highest BCUT2D eigenvalue weighted by Crippen LogP contribution is 2.34. The Morgan fingerprint density at radius 2 is 2.04 bits per heavy atom. The van der Waals surface area contributed by atoms with E-state index in [4.69, 9.17) is 5.84 Å². The van der Waals surface area contributed by atoms with Crippen molar-refractivity contribution in [2.75, 3.05) is 10.7 Å². The van der Waals surface area contributed by atoms with Crippen molar-refractivity contribution in [3.8, 4) is 11.4 Å². The first kappa shape index (κ1) is 18.5. The molecule has 0 unspecified atom stereocenters. The van der Waals surface area contributed by atoms with E-state index in [0.29, 0.717) is 16.5 Å². The normalized spacial score (nSPS) is 16.8. The Morgan fingerprint density at radius 1 is 1.25 bits per heavy atom. The van der Waals surface area contributed by atoms with Gasteiger partial charge < -0.3 is 10.7 Å². The molecular formula is C20H20FN5OS. The molecule has 2 atom stereocenters. The second-order valence-corrected chi connectivity index (χ2v) is 8.14. The Labute approximate surface area is 166 Å². The smallest absolute Gasteiger partial charge is 0.240 e. The Kier molecular flexibility index (Phi) is 4.80. The number of hydrogen-bond donors (Lipinski definition) is 1. The van der Waals surface area contributed by atoms with Gasteiger partial charge in [0.25, 0.3) is 0 Å². The van der Waals surface area contributed by atoms with Crippen LogP contribution in [0.3, 0.4) is 0 Å². The van der Waals surface area contributed by atoms with Crippen LogP contribution >= 0.6 is 11.8 Å². The highest BCUT2D eigenvalue weighted by Gasteiger charge is 2.34. The number of rotatable bonds is 4. The van der Waals surface area contributed by atoms with E-state index in [9.17, 15) is 9.18 Å². The van der Waals surface area contributed by atoms with E-state index in [0.717, 1.165) is 12.1 Å². The average molecular weight is 397 g/mol. The van der Waals surface area contributed by atoms with Crippen LogP contribution in [0.1, 0.15) is 19.4 Å². The maximum atomic E-state index is 13.5. The van der Waals surface area contributed by atoms with Crippen molar-refractivity contribution in [2.24, 2.45) is 0 Å². The monoisotopic (exact) mass is 397 g/mol. The minimum absolute atomic E-state index is 0.00208. The molecular weight excluding hydrogens is 377 g/mol. The Morgan fingerprint density at radius 3 is 2.82 bits per heavy atom. The lowest BCUT2D eigenvalue weighted by molar-refractivity contribution is -0.118. The quantitative estimate of drug-likeness (QED) is 0.540. The summed E-state index contributed by atoms with van der Waals surface area (Å²) in [4.78, 5) is 15.0. The SMILES string of the molecule is C[C@H](Sc1nnc(-c2cccc(F)c2)n1N)C(=O)N1c2ccccc2C[C@H]1C. The number of nitrogens with two attached hydrogens (primary N) is 1. The van der Waals surface area contributed by atoms with Gasteiger partial charge in [0, 0.05) is 17.3 Å². The second kappa shape index (κ2) is 7.27. The number of nitrogens with zero attached hydrogens (tertiary/aromatic N) is 4. The minimum atomic E-state index is -0.402. The number of nitrogen functional groups attached to an aromatic ring is 1. The maximum Gasteiger partial charge on any atom is 0.240 e. The summed E-state index contributed by atoms with van der Waals surface area (Å²) in [5.74, 6) is 6.09. The third kappa shape index (κ3) is 3.24. The molecule has 28 heavy (non-hydrogen) atoms. The number of para-hydroxylation sites is 1. The van der Waals surface area contributed by atoms with Crippen molar-refractivity contribution in [3.63, 3.8) is 0 Å². The zero-order valence-corrected chi connectivity index (χ0v) is 16.4. The highest BCUT2D eigenvalue weighted by molar-refractivity contribution is 8.00. The topological polar surface area (TPSA) is 77.0 Å². The van der Waals surface area contributed by atoms with E-state index < -0.39 is 5.25 Å². The van der Waals surface area contributed by atoms with Gasteiger partial charge in [0.1, 0.15) is 5.82 Å². The predicted molar refractivity (Wildman–Crippen MR) is 108 cm³/mol. The number of hydrogen-bond acceptors (Lipinski definition) is 5. The number of carbonyl (C=O) groups is 1. The standard InChI is InChI=1S/C20H20FN5OS/c1-12-10-14-6-3-4-9-17(14)25(12)19(27)13(2)28-20-24-23-18(26(20)22)15-7-5-8-16(21)11-15/h3-9,11-13H,10,22H2,1-2H3/t12-,13+/m1/s1. The van der Waals surface area contributed by atoms with Gasteiger partial charge in [-0.3, -0.25) is 4.79 Å². The maximum absolute atomic E-state index is 13.5. The van der Waals surface area contributed by atoms with Gasteiger partial charge in [-0.2, -0.15) is 0 Å². The first-order valence-corrected chi connectivity index (χ1v) is 9.87. The number of amides is 1. The van der Waals surface area contributed by atoms with E-state index in [-0.39, 0.29) is 17.8 Å². The zero-order chi connectivity index (χ0) is 19.8. The first-order chi connectivity index (χ1) is 13.5. The average Bonchev–Trinajstić information content (AvgIpc) is 3.20. The van der Waals surface area contributed by atoms with Crippen LogP contribution in [0.4, 0.5) is 10.1 Å². The third-order valence-electron chi connectivity index (χ3n) is 4.82. The molecule has 2 heterocycles. The molecule has 1 amide bonds. The highest BCUT2D eigenvalue weighted by atomic mass is 32.2. The van der Waals surface area contributed by atoms with E-state index in [2.05, 4.69) is 16.3 Å². The Bertz CT molecular complexity index is 1040. The lowest BCUT2D eigenvalue weighted by Crippen LogP contribution is -2.40. The predicted octanol–water partition coefficient (Wildman–Crippen LogP) is 3.26. The molecule has 6 nitrogen and oxygen atoms in total. The van der Waals surface area contributed by atoms with Crippen LogP contribution in [0, 0.1) is 5.82 Å². The van der Waals surface area contributed by atoms with Gasteiger partial charge in [0.2, 0.25) is 11.1 Å². The minimum Gasteiger partial charge on any atom is -0.335 e. The van der Waals surface area contributed by atoms with E-state index in [1.165, 1.54) is 34.1 Å². The first-order valence-electron chi connectivity index (χ1n) is 8.99. The molecule has 0 radical (unpaired) electrons. The van der Waals surface area contributed by atoms with Crippen molar-refractivity contribution in [2.45, 2.75) is 36.7 Å². The molecule has 4 rings (SSSR count). The van der Waals surface area contributed by atoms with Crippen LogP contribution in [0.25, 0.3) is 11.4 Å². The molecule has 0 bridgehead atoms. The molecule has 0 saturated carbocycles. The molecule has 144 valence electrons. The molecule has 1 aliphatic heterocycles. The fraction of sp³-hybridized carbons (Fsp3) is 0.250. The Hall–Kier alpha value is -2.87. The van der Waals surface area contributed by atoms with Crippen molar-refractivity contribution >= 4 is 23.4 Å². The van der Waals surface area contributed by atoms with E-state index in [1.54, 1.807) is 12.1 Å². The van der Waals surface area contributed by atoms with Crippen LogP contribution in [0.2, 0.25) is 0 Å². The van der Waals surface area contributed by atoms with Gasteiger partial charge in [-0.15, -0.1) is 10.2 Å². The second-order valence-electron chi connectivity index (χ2n) is 6.84. The summed E-state index contributed by atoms with van der Waals surface area (Å²) in [5, 5.41) is 8.16.